The summed E-state index contributed by atoms with van der Waals surface area (Å²) in [5, 5.41) is 3.98. The van der Waals surface area contributed by atoms with Crippen molar-refractivity contribution >= 4 is 11.0 Å². The van der Waals surface area contributed by atoms with Gasteiger partial charge in [-0.05, 0) is 37.9 Å². The number of rotatable bonds is 1. The quantitative estimate of drug-likeness (QED) is 0.824. The van der Waals surface area contributed by atoms with Crippen LogP contribution in [0, 0.1) is 11.6 Å². The number of furan rings is 1. The Morgan fingerprint density at radius 1 is 1.12 bits per heavy atom. The molecule has 2 nitrogen and oxygen atoms in total. The van der Waals surface area contributed by atoms with Crippen LogP contribution in [-0.4, -0.2) is 13.1 Å². The molecule has 0 aliphatic carbocycles. The molecule has 1 fully saturated rings. The molecule has 4 heteroatoms. The SMILES string of the molecule is Fc1cc2occ(C3CCNCC3)c2cc1F. The largest absolute Gasteiger partial charge is 0.464 e. The highest BCUT2D eigenvalue weighted by Gasteiger charge is 2.20. The Morgan fingerprint density at radius 2 is 1.82 bits per heavy atom. The Bertz CT molecular complexity index is 544. The number of benzene rings is 1. The monoisotopic (exact) mass is 237 g/mol. The third-order valence-electron chi connectivity index (χ3n) is 3.43. The summed E-state index contributed by atoms with van der Waals surface area (Å²) in [7, 11) is 0. The molecule has 0 unspecified atom stereocenters. The van der Waals surface area contributed by atoms with Gasteiger partial charge in [0.2, 0.25) is 0 Å². The lowest BCUT2D eigenvalue weighted by Gasteiger charge is -2.21. The molecule has 1 N–H and O–H groups in total. The molecule has 0 amide bonds. The summed E-state index contributed by atoms with van der Waals surface area (Å²) in [4.78, 5) is 0. The lowest BCUT2D eigenvalue weighted by atomic mass is 9.90. The molecule has 0 bridgehead atoms. The van der Waals surface area contributed by atoms with E-state index in [2.05, 4.69) is 5.32 Å². The third kappa shape index (κ3) is 1.82. The maximum atomic E-state index is 13.2. The molecular weight excluding hydrogens is 224 g/mol. The molecule has 2 heterocycles. The highest BCUT2D eigenvalue weighted by Crippen LogP contribution is 2.33. The average Bonchev–Trinajstić information content (AvgIpc) is 2.74. The van der Waals surface area contributed by atoms with Crippen LogP contribution in [-0.2, 0) is 0 Å². The van der Waals surface area contributed by atoms with E-state index in [1.165, 1.54) is 6.07 Å². The Balaban J connectivity index is 2.07. The van der Waals surface area contributed by atoms with Crippen LogP contribution in [0.1, 0.15) is 24.3 Å². The highest BCUT2D eigenvalue weighted by molar-refractivity contribution is 5.81. The van der Waals surface area contributed by atoms with Gasteiger partial charge in [0, 0.05) is 17.0 Å². The van der Waals surface area contributed by atoms with Crippen molar-refractivity contribution in [1.82, 2.24) is 5.32 Å². The standard InChI is InChI=1S/C13H13F2NO/c14-11-5-9-10(8-1-3-16-4-2-8)7-17-13(9)6-12(11)15/h5-8,16H,1-4H2. The number of piperidine rings is 1. The van der Waals surface area contributed by atoms with Gasteiger partial charge in [0.25, 0.3) is 0 Å². The minimum absolute atomic E-state index is 0.377. The first-order valence-corrected chi connectivity index (χ1v) is 5.82. The fourth-order valence-electron chi connectivity index (χ4n) is 2.49. The average molecular weight is 237 g/mol. The Hall–Kier alpha value is -1.42. The summed E-state index contributed by atoms with van der Waals surface area (Å²) in [5.74, 6) is -1.29. The summed E-state index contributed by atoms with van der Waals surface area (Å²) in [6.07, 6.45) is 3.65. The van der Waals surface area contributed by atoms with E-state index in [0.717, 1.165) is 37.6 Å². The smallest absolute Gasteiger partial charge is 0.162 e. The van der Waals surface area contributed by atoms with Gasteiger partial charge in [-0.2, -0.15) is 0 Å². The summed E-state index contributed by atoms with van der Waals surface area (Å²) >= 11 is 0. The zero-order valence-corrected chi connectivity index (χ0v) is 9.30. The number of hydrogen-bond donors (Lipinski definition) is 1. The number of fused-ring (bicyclic) bond motifs is 1. The van der Waals surface area contributed by atoms with Crippen molar-refractivity contribution in [3.8, 4) is 0 Å². The van der Waals surface area contributed by atoms with Crippen molar-refractivity contribution < 1.29 is 13.2 Å². The Kier molecular flexibility index (Phi) is 2.59. The predicted octanol–water partition coefficient (Wildman–Crippen LogP) is 3.18. The van der Waals surface area contributed by atoms with E-state index in [0.29, 0.717) is 16.9 Å². The van der Waals surface area contributed by atoms with Crippen molar-refractivity contribution in [3.05, 3.63) is 35.6 Å². The summed E-state index contributed by atoms with van der Waals surface area (Å²) < 4.78 is 31.6. The van der Waals surface area contributed by atoms with Gasteiger partial charge in [-0.1, -0.05) is 0 Å². The van der Waals surface area contributed by atoms with Gasteiger partial charge in [-0.3, -0.25) is 0 Å². The van der Waals surface area contributed by atoms with Crippen molar-refractivity contribution in [3.63, 3.8) is 0 Å². The maximum absolute atomic E-state index is 13.2. The first-order chi connectivity index (χ1) is 8.25. The summed E-state index contributed by atoms with van der Waals surface area (Å²) in [5.41, 5.74) is 1.43. The van der Waals surface area contributed by atoms with Gasteiger partial charge >= 0.3 is 0 Å². The molecule has 90 valence electrons. The van der Waals surface area contributed by atoms with Crippen LogP contribution >= 0.6 is 0 Å². The van der Waals surface area contributed by atoms with Crippen molar-refractivity contribution in [2.45, 2.75) is 18.8 Å². The molecular formula is C13H13F2NO. The third-order valence-corrected chi connectivity index (χ3v) is 3.43. The summed E-state index contributed by atoms with van der Waals surface area (Å²) in [6, 6.07) is 2.36. The van der Waals surface area contributed by atoms with Crippen LogP contribution in [0.5, 0.6) is 0 Å². The molecule has 0 saturated carbocycles. The van der Waals surface area contributed by atoms with E-state index in [1.807, 2.05) is 0 Å². The molecule has 3 rings (SSSR count). The molecule has 0 radical (unpaired) electrons. The minimum Gasteiger partial charge on any atom is -0.464 e. The zero-order valence-electron chi connectivity index (χ0n) is 9.30. The van der Waals surface area contributed by atoms with Crippen LogP contribution in [0.3, 0.4) is 0 Å². The zero-order chi connectivity index (χ0) is 11.8. The number of halogens is 2. The van der Waals surface area contributed by atoms with Crippen molar-refractivity contribution in [2.75, 3.05) is 13.1 Å². The van der Waals surface area contributed by atoms with E-state index in [9.17, 15) is 8.78 Å². The molecule has 17 heavy (non-hydrogen) atoms. The van der Waals surface area contributed by atoms with E-state index in [-0.39, 0.29) is 0 Å². The van der Waals surface area contributed by atoms with E-state index < -0.39 is 11.6 Å². The first kappa shape index (κ1) is 10.7. The predicted molar refractivity (Wildman–Crippen MR) is 61.0 cm³/mol. The second-order valence-corrected chi connectivity index (χ2v) is 4.48. The maximum Gasteiger partial charge on any atom is 0.162 e. The van der Waals surface area contributed by atoms with Crippen LogP contribution < -0.4 is 5.32 Å². The molecule has 1 aliphatic heterocycles. The number of nitrogens with one attached hydrogen (secondary N) is 1. The highest BCUT2D eigenvalue weighted by atomic mass is 19.2. The molecule has 1 aromatic carbocycles. The second kappa shape index (κ2) is 4.11. The van der Waals surface area contributed by atoms with Crippen LogP contribution in [0.15, 0.2) is 22.8 Å². The van der Waals surface area contributed by atoms with Crippen molar-refractivity contribution in [1.29, 1.82) is 0 Å². The molecule has 1 saturated heterocycles. The normalized spacial score (nSPS) is 17.8. The van der Waals surface area contributed by atoms with Crippen molar-refractivity contribution in [2.24, 2.45) is 0 Å². The van der Waals surface area contributed by atoms with Crippen LogP contribution in [0.4, 0.5) is 8.78 Å². The van der Waals surface area contributed by atoms with E-state index >= 15 is 0 Å². The molecule has 2 aromatic rings. The topological polar surface area (TPSA) is 25.2 Å². The minimum atomic E-state index is -0.858. The molecule has 0 spiro atoms. The lowest BCUT2D eigenvalue weighted by Crippen LogP contribution is -2.26. The van der Waals surface area contributed by atoms with Gasteiger partial charge in [0.15, 0.2) is 11.6 Å². The fourth-order valence-corrected chi connectivity index (χ4v) is 2.49. The van der Waals surface area contributed by atoms with Crippen LogP contribution in [0.2, 0.25) is 0 Å². The molecule has 0 atom stereocenters. The van der Waals surface area contributed by atoms with Gasteiger partial charge < -0.3 is 9.73 Å². The van der Waals surface area contributed by atoms with Gasteiger partial charge in [-0.25, -0.2) is 8.78 Å². The summed E-state index contributed by atoms with van der Waals surface area (Å²) in [6.45, 7) is 1.92. The number of hydrogen-bond acceptors (Lipinski definition) is 2. The molecule has 1 aromatic heterocycles. The van der Waals surface area contributed by atoms with Gasteiger partial charge in [0.1, 0.15) is 5.58 Å². The van der Waals surface area contributed by atoms with Crippen LogP contribution in [0.25, 0.3) is 11.0 Å². The lowest BCUT2D eigenvalue weighted by molar-refractivity contribution is 0.457. The Labute approximate surface area is 97.6 Å². The Morgan fingerprint density at radius 3 is 2.59 bits per heavy atom. The van der Waals surface area contributed by atoms with Gasteiger partial charge in [0.05, 0.1) is 6.26 Å². The second-order valence-electron chi connectivity index (χ2n) is 4.48. The first-order valence-electron chi connectivity index (χ1n) is 5.82. The van der Waals surface area contributed by atoms with Gasteiger partial charge in [-0.15, -0.1) is 0 Å². The molecule has 1 aliphatic rings. The van der Waals surface area contributed by atoms with E-state index in [4.69, 9.17) is 4.42 Å². The fraction of sp³-hybridized carbons (Fsp3) is 0.385. The van der Waals surface area contributed by atoms with E-state index in [1.54, 1.807) is 6.26 Å².